The van der Waals surface area contributed by atoms with Crippen LogP contribution in [0.5, 0.6) is 17.2 Å². The van der Waals surface area contributed by atoms with E-state index in [1.165, 1.54) is 4.90 Å². The monoisotopic (exact) mass is 487 g/mol. The number of hydrogen-bond donors (Lipinski definition) is 1. The molecule has 1 aliphatic rings. The minimum absolute atomic E-state index is 0.00213. The Morgan fingerprint density at radius 1 is 0.944 bits per heavy atom. The van der Waals surface area contributed by atoms with Crippen molar-refractivity contribution in [2.75, 3.05) is 25.7 Å². The van der Waals surface area contributed by atoms with E-state index in [4.69, 9.17) is 14.2 Å². The highest BCUT2D eigenvalue weighted by Crippen LogP contribution is 2.43. The number of ketones is 1. The normalized spacial score (nSPS) is 16.8. The fourth-order valence-electron chi connectivity index (χ4n) is 4.35. The molecule has 1 unspecified atom stereocenters. The molecule has 1 N–H and O–H groups in total. The van der Waals surface area contributed by atoms with Crippen LogP contribution >= 0.6 is 0 Å². The topological polar surface area (TPSA) is 85.3 Å². The Hall–Kier alpha value is -4.26. The largest absolute Gasteiger partial charge is 0.507 e. The molecule has 1 saturated heterocycles. The van der Waals surface area contributed by atoms with Gasteiger partial charge in [0, 0.05) is 17.3 Å². The highest BCUT2D eigenvalue weighted by atomic mass is 16.5. The third kappa shape index (κ3) is 4.64. The van der Waals surface area contributed by atoms with Crippen LogP contribution in [-0.4, -0.2) is 37.6 Å². The van der Waals surface area contributed by atoms with Crippen molar-refractivity contribution < 1.29 is 28.9 Å². The van der Waals surface area contributed by atoms with Gasteiger partial charge in [-0.25, -0.2) is 0 Å². The number of aliphatic hydroxyl groups excluding tert-OH is 1. The number of benzene rings is 3. The molecular weight excluding hydrogens is 458 g/mol. The first-order valence-corrected chi connectivity index (χ1v) is 11.7. The molecule has 3 aromatic rings. The van der Waals surface area contributed by atoms with E-state index in [1.807, 2.05) is 13.8 Å². The third-order valence-corrected chi connectivity index (χ3v) is 6.09. The Morgan fingerprint density at radius 3 is 2.39 bits per heavy atom. The zero-order chi connectivity index (χ0) is 25.8. The fraction of sp³-hybridized carbons (Fsp3) is 0.241. The molecular formula is C29H29NO6. The summed E-state index contributed by atoms with van der Waals surface area (Å²) in [7, 11) is 3.11. The zero-order valence-electron chi connectivity index (χ0n) is 20.8. The number of amides is 1. The van der Waals surface area contributed by atoms with Crippen molar-refractivity contribution in [2.45, 2.75) is 26.3 Å². The van der Waals surface area contributed by atoms with E-state index >= 15 is 0 Å². The second-order valence-corrected chi connectivity index (χ2v) is 8.48. The van der Waals surface area contributed by atoms with Crippen molar-refractivity contribution in [1.82, 2.24) is 0 Å². The van der Waals surface area contributed by atoms with Crippen molar-refractivity contribution in [3.8, 4) is 17.2 Å². The van der Waals surface area contributed by atoms with Crippen LogP contribution in [0.3, 0.4) is 0 Å². The predicted octanol–water partition coefficient (Wildman–Crippen LogP) is 5.43. The Bertz CT molecular complexity index is 1330. The van der Waals surface area contributed by atoms with Gasteiger partial charge in [-0.05, 0) is 66.9 Å². The summed E-state index contributed by atoms with van der Waals surface area (Å²) >= 11 is 0. The van der Waals surface area contributed by atoms with Gasteiger partial charge in [-0.2, -0.15) is 0 Å². The van der Waals surface area contributed by atoms with Crippen LogP contribution in [-0.2, 0) is 9.59 Å². The SMILES string of the molecule is CCCOc1cccc(N2C(=O)C(=O)/C(=C(/O)c3ccc(OC)c(C)c3)C2c2cccc(OC)c2)c1. The molecule has 0 radical (unpaired) electrons. The Morgan fingerprint density at radius 2 is 1.69 bits per heavy atom. The van der Waals surface area contributed by atoms with Crippen molar-refractivity contribution in [1.29, 1.82) is 0 Å². The van der Waals surface area contributed by atoms with E-state index < -0.39 is 17.7 Å². The van der Waals surface area contributed by atoms with Gasteiger partial charge in [0.15, 0.2) is 0 Å². The lowest BCUT2D eigenvalue weighted by Gasteiger charge is -2.26. The number of hydrogen-bond acceptors (Lipinski definition) is 6. The van der Waals surface area contributed by atoms with Gasteiger partial charge in [0.05, 0.1) is 32.4 Å². The molecule has 1 amide bonds. The van der Waals surface area contributed by atoms with E-state index in [0.29, 0.717) is 40.7 Å². The summed E-state index contributed by atoms with van der Waals surface area (Å²) in [5, 5.41) is 11.4. The van der Waals surface area contributed by atoms with Crippen LogP contribution in [0, 0.1) is 6.92 Å². The molecule has 1 heterocycles. The van der Waals surface area contributed by atoms with Crippen molar-refractivity contribution in [3.63, 3.8) is 0 Å². The number of aliphatic hydroxyl groups is 1. The number of nitrogens with zero attached hydrogens (tertiary/aromatic N) is 1. The lowest BCUT2D eigenvalue weighted by Crippen LogP contribution is -2.29. The highest BCUT2D eigenvalue weighted by molar-refractivity contribution is 6.51. The summed E-state index contributed by atoms with van der Waals surface area (Å²) in [6.45, 7) is 4.38. The average Bonchev–Trinajstić information content (AvgIpc) is 3.17. The summed E-state index contributed by atoms with van der Waals surface area (Å²) in [5.41, 5.74) is 2.31. The van der Waals surface area contributed by atoms with Gasteiger partial charge in [0.25, 0.3) is 11.7 Å². The molecule has 7 heteroatoms. The summed E-state index contributed by atoms with van der Waals surface area (Å²) in [4.78, 5) is 28.2. The van der Waals surface area contributed by atoms with Crippen molar-refractivity contribution in [2.24, 2.45) is 0 Å². The molecule has 1 aliphatic heterocycles. The summed E-state index contributed by atoms with van der Waals surface area (Å²) in [5.74, 6) is 0.0498. The van der Waals surface area contributed by atoms with Gasteiger partial charge >= 0.3 is 0 Å². The zero-order valence-corrected chi connectivity index (χ0v) is 20.8. The number of carbonyl (C=O) groups is 2. The second kappa shape index (κ2) is 10.6. The fourth-order valence-corrected chi connectivity index (χ4v) is 4.35. The molecule has 186 valence electrons. The smallest absolute Gasteiger partial charge is 0.300 e. The number of aryl methyl sites for hydroxylation is 1. The number of methoxy groups -OCH3 is 2. The molecule has 36 heavy (non-hydrogen) atoms. The lowest BCUT2D eigenvalue weighted by molar-refractivity contribution is -0.132. The number of Topliss-reactive ketones (excluding diaryl/α,β-unsaturated/α-hetero) is 1. The van der Waals surface area contributed by atoms with Crippen LogP contribution in [0.15, 0.2) is 72.3 Å². The standard InChI is InChI=1S/C29H29NO6/c1-5-14-36-23-11-7-9-21(17-23)30-26(19-8-6-10-22(16-19)34-3)25(28(32)29(30)33)27(31)20-12-13-24(35-4)18(2)15-20/h6-13,15-17,26,31H,5,14H2,1-4H3/b27-25+. The molecule has 3 aromatic carbocycles. The number of ether oxygens (including phenoxy) is 3. The van der Waals surface area contributed by atoms with Crippen molar-refractivity contribution >= 4 is 23.1 Å². The first-order valence-electron chi connectivity index (χ1n) is 11.7. The van der Waals surface area contributed by atoms with E-state index in [-0.39, 0.29) is 11.3 Å². The minimum atomic E-state index is -0.871. The molecule has 4 rings (SSSR count). The number of anilines is 1. The molecule has 0 saturated carbocycles. The van der Waals surface area contributed by atoms with E-state index in [1.54, 1.807) is 80.9 Å². The second-order valence-electron chi connectivity index (χ2n) is 8.48. The minimum Gasteiger partial charge on any atom is -0.507 e. The van der Waals surface area contributed by atoms with Crippen LogP contribution in [0.2, 0.25) is 0 Å². The van der Waals surface area contributed by atoms with E-state index in [0.717, 1.165) is 12.0 Å². The van der Waals surface area contributed by atoms with E-state index in [9.17, 15) is 14.7 Å². The molecule has 7 nitrogen and oxygen atoms in total. The summed E-state index contributed by atoms with van der Waals surface area (Å²) in [6.07, 6.45) is 0.833. The predicted molar refractivity (Wildman–Crippen MR) is 138 cm³/mol. The van der Waals surface area contributed by atoms with E-state index in [2.05, 4.69) is 0 Å². The number of rotatable bonds is 8. The molecule has 0 bridgehead atoms. The van der Waals surface area contributed by atoms with Gasteiger partial charge in [0.2, 0.25) is 0 Å². The summed E-state index contributed by atoms with van der Waals surface area (Å²) in [6, 6.07) is 18.4. The van der Waals surface area contributed by atoms with Crippen LogP contribution in [0.25, 0.3) is 5.76 Å². The Labute approximate surface area is 210 Å². The Kier molecular flexibility index (Phi) is 7.29. The van der Waals surface area contributed by atoms with Gasteiger partial charge in [-0.1, -0.05) is 25.1 Å². The first-order chi connectivity index (χ1) is 17.4. The third-order valence-electron chi connectivity index (χ3n) is 6.09. The van der Waals surface area contributed by atoms with Crippen molar-refractivity contribution in [3.05, 3.63) is 89.0 Å². The molecule has 1 atom stereocenters. The quantitative estimate of drug-likeness (QED) is 0.259. The molecule has 0 aliphatic carbocycles. The maximum atomic E-state index is 13.4. The van der Waals surface area contributed by atoms with Crippen LogP contribution in [0.4, 0.5) is 5.69 Å². The van der Waals surface area contributed by atoms with Crippen LogP contribution < -0.4 is 19.1 Å². The maximum absolute atomic E-state index is 13.4. The number of carbonyl (C=O) groups excluding carboxylic acids is 2. The molecule has 0 aromatic heterocycles. The van der Waals surface area contributed by atoms with Gasteiger partial charge < -0.3 is 19.3 Å². The van der Waals surface area contributed by atoms with Gasteiger partial charge in [0.1, 0.15) is 23.0 Å². The first kappa shape index (κ1) is 24.9. The van der Waals surface area contributed by atoms with Crippen LogP contribution in [0.1, 0.15) is 36.1 Å². The summed E-state index contributed by atoms with van der Waals surface area (Å²) < 4.78 is 16.5. The maximum Gasteiger partial charge on any atom is 0.300 e. The Balaban J connectivity index is 1.91. The highest BCUT2D eigenvalue weighted by Gasteiger charge is 2.47. The lowest BCUT2D eigenvalue weighted by atomic mass is 9.94. The van der Waals surface area contributed by atoms with Gasteiger partial charge in [-0.15, -0.1) is 0 Å². The average molecular weight is 488 g/mol. The molecule has 1 fully saturated rings. The van der Waals surface area contributed by atoms with Gasteiger partial charge in [-0.3, -0.25) is 14.5 Å². The molecule has 0 spiro atoms.